The lowest BCUT2D eigenvalue weighted by Crippen LogP contribution is -2.07. The summed E-state index contributed by atoms with van der Waals surface area (Å²) in [5, 5.41) is 0. The van der Waals surface area contributed by atoms with Crippen molar-refractivity contribution in [2.45, 2.75) is 32.3 Å². The fraction of sp³-hybridized carbons (Fsp3) is 0.263. The number of esters is 1. The summed E-state index contributed by atoms with van der Waals surface area (Å²) in [6.07, 6.45) is 1.67. The minimum Gasteiger partial charge on any atom is -0.461 e. The zero-order valence-corrected chi connectivity index (χ0v) is 12.5. The molecule has 0 aliphatic heterocycles. The van der Waals surface area contributed by atoms with Crippen molar-refractivity contribution in [2.24, 2.45) is 0 Å². The molecule has 0 unspecified atom stereocenters. The lowest BCUT2D eigenvalue weighted by atomic mass is 10.1. The predicted molar refractivity (Wildman–Crippen MR) is 85.2 cm³/mol. The van der Waals surface area contributed by atoms with Crippen LogP contribution in [0.25, 0.3) is 0 Å². The molecule has 0 spiro atoms. The first-order valence-electron chi connectivity index (χ1n) is 7.49. The molecule has 114 valence electrons. The highest BCUT2D eigenvalue weighted by atomic mass is 16.5. The minimum absolute atomic E-state index is 0.155. The standard InChI is InChI=1S/C19H20O3/c20-18(14-16-8-3-1-4-9-16)12-7-13-19(21)22-15-17-10-5-2-6-11-17/h1-6,8-11H,7,12-15H2. The van der Waals surface area contributed by atoms with E-state index in [2.05, 4.69) is 0 Å². The number of Topliss-reactive ketones (excluding diaryl/α,β-unsaturated/α-hetero) is 1. The highest BCUT2D eigenvalue weighted by molar-refractivity contribution is 5.81. The van der Waals surface area contributed by atoms with E-state index in [-0.39, 0.29) is 24.8 Å². The average molecular weight is 296 g/mol. The first-order chi connectivity index (χ1) is 10.7. The molecular formula is C19H20O3. The largest absolute Gasteiger partial charge is 0.461 e. The van der Waals surface area contributed by atoms with E-state index in [0.29, 0.717) is 19.3 Å². The highest BCUT2D eigenvalue weighted by Gasteiger charge is 2.07. The Morgan fingerprint density at radius 1 is 0.773 bits per heavy atom. The van der Waals surface area contributed by atoms with Crippen molar-refractivity contribution in [1.82, 2.24) is 0 Å². The number of hydrogen-bond donors (Lipinski definition) is 0. The molecule has 0 bridgehead atoms. The van der Waals surface area contributed by atoms with Crippen LogP contribution in [0.4, 0.5) is 0 Å². The van der Waals surface area contributed by atoms with Gasteiger partial charge in [0, 0.05) is 19.3 Å². The van der Waals surface area contributed by atoms with Crippen molar-refractivity contribution in [3.8, 4) is 0 Å². The molecule has 2 rings (SSSR count). The number of carbonyl (C=O) groups excluding carboxylic acids is 2. The zero-order valence-electron chi connectivity index (χ0n) is 12.5. The normalized spacial score (nSPS) is 10.2. The lowest BCUT2D eigenvalue weighted by molar-refractivity contribution is -0.145. The number of rotatable bonds is 8. The monoisotopic (exact) mass is 296 g/mol. The number of ketones is 1. The smallest absolute Gasteiger partial charge is 0.306 e. The second-order valence-electron chi connectivity index (χ2n) is 5.20. The number of benzene rings is 2. The molecule has 3 heteroatoms. The Balaban J connectivity index is 1.61. The Labute approximate surface area is 130 Å². The molecule has 0 heterocycles. The fourth-order valence-corrected chi connectivity index (χ4v) is 2.15. The quantitative estimate of drug-likeness (QED) is 0.697. The van der Waals surface area contributed by atoms with Crippen LogP contribution in [0.15, 0.2) is 60.7 Å². The van der Waals surface area contributed by atoms with Crippen LogP contribution < -0.4 is 0 Å². The van der Waals surface area contributed by atoms with Gasteiger partial charge in [0.05, 0.1) is 0 Å². The van der Waals surface area contributed by atoms with Gasteiger partial charge in [0.25, 0.3) is 0 Å². The Morgan fingerprint density at radius 2 is 1.36 bits per heavy atom. The van der Waals surface area contributed by atoms with Crippen LogP contribution in [0.1, 0.15) is 30.4 Å². The van der Waals surface area contributed by atoms with Crippen LogP contribution in [-0.2, 0) is 27.4 Å². The van der Waals surface area contributed by atoms with Crippen LogP contribution >= 0.6 is 0 Å². The van der Waals surface area contributed by atoms with Crippen LogP contribution in [0, 0.1) is 0 Å². The van der Waals surface area contributed by atoms with Crippen LogP contribution in [0.5, 0.6) is 0 Å². The Bertz CT molecular complexity index is 591. The third kappa shape index (κ3) is 5.92. The van der Waals surface area contributed by atoms with Gasteiger partial charge in [-0.2, -0.15) is 0 Å². The van der Waals surface area contributed by atoms with Crippen molar-refractivity contribution in [1.29, 1.82) is 0 Å². The molecule has 0 aromatic heterocycles. The topological polar surface area (TPSA) is 43.4 Å². The van der Waals surface area contributed by atoms with Gasteiger partial charge in [-0.15, -0.1) is 0 Å². The van der Waals surface area contributed by atoms with Gasteiger partial charge in [-0.3, -0.25) is 9.59 Å². The van der Waals surface area contributed by atoms with E-state index in [4.69, 9.17) is 4.74 Å². The third-order valence-corrected chi connectivity index (χ3v) is 3.32. The van der Waals surface area contributed by atoms with Gasteiger partial charge in [-0.05, 0) is 17.5 Å². The van der Waals surface area contributed by atoms with Crippen molar-refractivity contribution < 1.29 is 14.3 Å². The highest BCUT2D eigenvalue weighted by Crippen LogP contribution is 2.07. The Morgan fingerprint density at radius 3 is 2.00 bits per heavy atom. The molecular weight excluding hydrogens is 276 g/mol. The van der Waals surface area contributed by atoms with Gasteiger partial charge < -0.3 is 4.74 Å². The van der Waals surface area contributed by atoms with Gasteiger partial charge in [0.15, 0.2) is 0 Å². The van der Waals surface area contributed by atoms with Crippen LogP contribution in [0.3, 0.4) is 0 Å². The van der Waals surface area contributed by atoms with E-state index in [1.54, 1.807) is 0 Å². The van der Waals surface area contributed by atoms with Gasteiger partial charge >= 0.3 is 5.97 Å². The molecule has 3 nitrogen and oxygen atoms in total. The van der Waals surface area contributed by atoms with Gasteiger partial charge in [0.2, 0.25) is 0 Å². The summed E-state index contributed by atoms with van der Waals surface area (Å²) in [6, 6.07) is 19.2. The third-order valence-electron chi connectivity index (χ3n) is 3.32. The van der Waals surface area contributed by atoms with E-state index in [1.807, 2.05) is 60.7 Å². The summed E-state index contributed by atoms with van der Waals surface area (Å²) in [4.78, 5) is 23.4. The number of carbonyl (C=O) groups is 2. The van der Waals surface area contributed by atoms with Crippen LogP contribution in [0.2, 0.25) is 0 Å². The molecule has 0 aliphatic carbocycles. The van der Waals surface area contributed by atoms with Crippen molar-refractivity contribution >= 4 is 11.8 Å². The minimum atomic E-state index is -0.253. The molecule has 0 N–H and O–H groups in total. The molecule has 0 atom stereocenters. The average Bonchev–Trinajstić information content (AvgIpc) is 2.55. The van der Waals surface area contributed by atoms with E-state index < -0.39 is 0 Å². The van der Waals surface area contributed by atoms with Crippen LogP contribution in [-0.4, -0.2) is 11.8 Å². The van der Waals surface area contributed by atoms with E-state index >= 15 is 0 Å². The summed E-state index contributed by atoms with van der Waals surface area (Å²) >= 11 is 0. The molecule has 0 saturated heterocycles. The first-order valence-corrected chi connectivity index (χ1v) is 7.49. The maximum absolute atomic E-state index is 11.8. The number of ether oxygens (including phenoxy) is 1. The Kier molecular flexibility index (Phi) is 6.37. The summed E-state index contributed by atoms with van der Waals surface area (Å²) in [5.41, 5.74) is 1.98. The summed E-state index contributed by atoms with van der Waals surface area (Å²) in [6.45, 7) is 0.289. The van der Waals surface area contributed by atoms with E-state index in [0.717, 1.165) is 11.1 Å². The van der Waals surface area contributed by atoms with Crippen molar-refractivity contribution in [3.63, 3.8) is 0 Å². The molecule has 0 fully saturated rings. The lowest BCUT2D eigenvalue weighted by Gasteiger charge is -2.05. The van der Waals surface area contributed by atoms with Gasteiger partial charge in [-0.1, -0.05) is 60.7 Å². The van der Waals surface area contributed by atoms with Crippen molar-refractivity contribution in [3.05, 3.63) is 71.8 Å². The van der Waals surface area contributed by atoms with Gasteiger partial charge in [-0.25, -0.2) is 0 Å². The summed E-state index contributed by atoms with van der Waals surface area (Å²) < 4.78 is 5.18. The zero-order chi connectivity index (χ0) is 15.6. The molecule has 0 aliphatic rings. The molecule has 0 amide bonds. The molecule has 2 aromatic carbocycles. The summed E-state index contributed by atoms with van der Waals surface area (Å²) in [5.74, 6) is -0.0987. The first kappa shape index (κ1) is 16.0. The van der Waals surface area contributed by atoms with Gasteiger partial charge in [0.1, 0.15) is 12.4 Å². The molecule has 0 radical (unpaired) electrons. The predicted octanol–water partition coefficient (Wildman–Crippen LogP) is 3.71. The second kappa shape index (κ2) is 8.78. The molecule has 2 aromatic rings. The van der Waals surface area contributed by atoms with Crippen molar-refractivity contribution in [2.75, 3.05) is 0 Å². The maximum atomic E-state index is 11.8. The summed E-state index contributed by atoms with van der Waals surface area (Å²) in [7, 11) is 0. The molecule has 22 heavy (non-hydrogen) atoms. The second-order valence-corrected chi connectivity index (χ2v) is 5.20. The van der Waals surface area contributed by atoms with E-state index in [1.165, 1.54) is 0 Å². The molecule has 0 saturated carbocycles. The SMILES string of the molecule is O=C(CCCC(=O)OCc1ccccc1)Cc1ccccc1. The number of hydrogen-bond acceptors (Lipinski definition) is 3. The Hall–Kier alpha value is -2.42. The fourth-order valence-electron chi connectivity index (χ4n) is 2.15. The maximum Gasteiger partial charge on any atom is 0.306 e. The van der Waals surface area contributed by atoms with E-state index in [9.17, 15) is 9.59 Å².